The zero-order chi connectivity index (χ0) is 13.7. The van der Waals surface area contributed by atoms with E-state index in [4.69, 9.17) is 5.73 Å². The lowest BCUT2D eigenvalue weighted by molar-refractivity contribution is -0.120. The SMILES string of the molecule is CNc1nnc(S[C@H](C(=O)NC(N)=O)C(C)C)s1. The van der Waals surface area contributed by atoms with Gasteiger partial charge in [0.1, 0.15) is 0 Å². The fourth-order valence-electron chi connectivity index (χ4n) is 1.15. The number of hydrogen-bond donors (Lipinski definition) is 3. The molecule has 9 heteroatoms. The van der Waals surface area contributed by atoms with Crippen LogP contribution in [0.4, 0.5) is 9.93 Å². The summed E-state index contributed by atoms with van der Waals surface area (Å²) in [5.41, 5.74) is 4.93. The van der Waals surface area contributed by atoms with Crippen LogP contribution in [0.25, 0.3) is 0 Å². The maximum atomic E-state index is 11.8. The first kappa shape index (κ1) is 14.7. The second kappa shape index (κ2) is 6.55. The van der Waals surface area contributed by atoms with Crippen molar-refractivity contribution in [2.75, 3.05) is 12.4 Å². The zero-order valence-corrected chi connectivity index (χ0v) is 11.9. The minimum atomic E-state index is -0.848. The van der Waals surface area contributed by atoms with Crippen LogP contribution in [0.15, 0.2) is 4.34 Å². The number of nitrogens with two attached hydrogens (primary N) is 1. The highest BCUT2D eigenvalue weighted by atomic mass is 32.2. The second-order valence-electron chi connectivity index (χ2n) is 3.76. The van der Waals surface area contributed by atoms with Crippen molar-refractivity contribution in [3.05, 3.63) is 0 Å². The van der Waals surface area contributed by atoms with Gasteiger partial charge in [-0.05, 0) is 5.92 Å². The molecule has 0 aliphatic heterocycles. The Balaban J connectivity index is 2.73. The number of urea groups is 1. The summed E-state index contributed by atoms with van der Waals surface area (Å²) in [6, 6.07) is -0.848. The van der Waals surface area contributed by atoms with Crippen molar-refractivity contribution in [2.45, 2.75) is 23.4 Å². The molecule has 0 radical (unpaired) electrons. The van der Waals surface area contributed by atoms with Crippen LogP contribution in [0.1, 0.15) is 13.8 Å². The Hall–Kier alpha value is -1.35. The number of anilines is 1. The van der Waals surface area contributed by atoms with Crippen LogP contribution in [0, 0.1) is 5.92 Å². The van der Waals surface area contributed by atoms with E-state index in [9.17, 15) is 9.59 Å². The zero-order valence-electron chi connectivity index (χ0n) is 10.3. The fourth-order valence-corrected chi connectivity index (χ4v) is 3.07. The molecule has 1 aromatic heterocycles. The molecule has 7 nitrogen and oxygen atoms in total. The summed E-state index contributed by atoms with van der Waals surface area (Å²) in [6.45, 7) is 3.77. The molecule has 4 N–H and O–H groups in total. The normalized spacial score (nSPS) is 12.2. The van der Waals surface area contributed by atoms with Crippen LogP contribution in [0.5, 0.6) is 0 Å². The number of thioether (sulfide) groups is 1. The molecular formula is C9H15N5O2S2. The molecule has 0 saturated heterocycles. The third-order valence-electron chi connectivity index (χ3n) is 1.96. The number of primary amides is 1. The average Bonchev–Trinajstić information content (AvgIpc) is 2.71. The van der Waals surface area contributed by atoms with E-state index >= 15 is 0 Å². The molecule has 0 aromatic carbocycles. The van der Waals surface area contributed by atoms with Gasteiger partial charge in [0, 0.05) is 7.05 Å². The number of hydrogen-bond acceptors (Lipinski definition) is 7. The summed E-state index contributed by atoms with van der Waals surface area (Å²) in [7, 11) is 1.74. The lowest BCUT2D eigenvalue weighted by atomic mass is 10.1. The number of nitrogens with zero attached hydrogens (tertiary/aromatic N) is 2. The van der Waals surface area contributed by atoms with Crippen LogP contribution in [-0.4, -0.2) is 34.4 Å². The fraction of sp³-hybridized carbons (Fsp3) is 0.556. The van der Waals surface area contributed by atoms with E-state index in [0.29, 0.717) is 9.47 Å². The predicted octanol–water partition coefficient (Wildman–Crippen LogP) is 0.891. The van der Waals surface area contributed by atoms with Gasteiger partial charge in [-0.15, -0.1) is 10.2 Å². The van der Waals surface area contributed by atoms with Crippen molar-refractivity contribution >= 4 is 40.2 Å². The van der Waals surface area contributed by atoms with Crippen LogP contribution in [-0.2, 0) is 4.79 Å². The summed E-state index contributed by atoms with van der Waals surface area (Å²) in [5.74, 6) is -0.375. The molecule has 0 saturated carbocycles. The monoisotopic (exact) mass is 289 g/mol. The first-order valence-corrected chi connectivity index (χ1v) is 6.92. The van der Waals surface area contributed by atoms with Gasteiger partial charge in [0.2, 0.25) is 11.0 Å². The topological polar surface area (TPSA) is 110 Å². The predicted molar refractivity (Wildman–Crippen MR) is 71.7 cm³/mol. The highest BCUT2D eigenvalue weighted by Gasteiger charge is 2.26. The smallest absolute Gasteiger partial charge is 0.318 e. The largest absolute Gasteiger partial charge is 0.363 e. The number of carbonyl (C=O) groups excluding carboxylic acids is 2. The van der Waals surface area contributed by atoms with E-state index < -0.39 is 17.2 Å². The molecule has 0 spiro atoms. The van der Waals surface area contributed by atoms with Crippen molar-refractivity contribution < 1.29 is 9.59 Å². The Bertz CT molecular complexity index is 434. The van der Waals surface area contributed by atoms with Gasteiger partial charge in [0.15, 0.2) is 4.34 Å². The highest BCUT2D eigenvalue weighted by molar-refractivity contribution is 8.02. The first-order valence-electron chi connectivity index (χ1n) is 5.22. The summed E-state index contributed by atoms with van der Waals surface area (Å²) in [6.07, 6.45) is 0. The lowest BCUT2D eigenvalue weighted by Crippen LogP contribution is -2.42. The van der Waals surface area contributed by atoms with Crippen molar-refractivity contribution in [2.24, 2.45) is 11.7 Å². The average molecular weight is 289 g/mol. The highest BCUT2D eigenvalue weighted by Crippen LogP contribution is 2.32. The van der Waals surface area contributed by atoms with Crippen LogP contribution in [0.3, 0.4) is 0 Å². The number of carbonyl (C=O) groups is 2. The number of amides is 3. The Morgan fingerprint density at radius 1 is 1.39 bits per heavy atom. The van der Waals surface area contributed by atoms with E-state index in [0.717, 1.165) is 0 Å². The van der Waals surface area contributed by atoms with Crippen molar-refractivity contribution in [3.8, 4) is 0 Å². The molecule has 1 aromatic rings. The minimum absolute atomic E-state index is 0.0382. The maximum Gasteiger partial charge on any atom is 0.318 e. The molecule has 100 valence electrons. The molecule has 1 heterocycles. The van der Waals surface area contributed by atoms with E-state index in [-0.39, 0.29) is 5.92 Å². The number of imide groups is 1. The van der Waals surface area contributed by atoms with E-state index in [1.165, 1.54) is 23.1 Å². The summed E-state index contributed by atoms with van der Waals surface area (Å²) in [5, 5.41) is 13.0. The van der Waals surface area contributed by atoms with Crippen LogP contribution < -0.4 is 16.4 Å². The van der Waals surface area contributed by atoms with Gasteiger partial charge in [0.25, 0.3) is 0 Å². The second-order valence-corrected chi connectivity index (χ2v) is 6.13. The van der Waals surface area contributed by atoms with Gasteiger partial charge >= 0.3 is 6.03 Å². The number of rotatable bonds is 5. The summed E-state index contributed by atoms with van der Waals surface area (Å²) in [4.78, 5) is 22.5. The molecule has 0 aliphatic rings. The molecule has 1 atom stereocenters. The van der Waals surface area contributed by atoms with E-state index in [1.807, 2.05) is 13.8 Å². The lowest BCUT2D eigenvalue weighted by Gasteiger charge is -2.16. The number of aromatic nitrogens is 2. The summed E-state index contributed by atoms with van der Waals surface area (Å²) < 4.78 is 0.665. The molecule has 0 fully saturated rings. The van der Waals surface area contributed by atoms with Gasteiger partial charge in [-0.2, -0.15) is 0 Å². The van der Waals surface area contributed by atoms with Crippen LogP contribution in [0.2, 0.25) is 0 Å². The van der Waals surface area contributed by atoms with Crippen LogP contribution >= 0.6 is 23.1 Å². The molecule has 0 unspecified atom stereocenters. The third-order valence-corrected chi connectivity index (χ3v) is 4.53. The third kappa shape index (κ3) is 4.15. The molecule has 0 bridgehead atoms. The molecule has 18 heavy (non-hydrogen) atoms. The van der Waals surface area contributed by atoms with Gasteiger partial charge in [-0.1, -0.05) is 36.9 Å². The van der Waals surface area contributed by atoms with Gasteiger partial charge in [0.05, 0.1) is 5.25 Å². The standard InChI is InChI=1S/C9H15N5O2S2/c1-4(2)5(6(15)12-7(10)16)17-9-14-13-8(11-3)18-9/h4-5H,1-3H3,(H,11,13)(H3,10,12,15,16)/t5-/m0/s1. The quantitative estimate of drug-likeness (QED) is 0.694. The molecule has 1 rings (SSSR count). The van der Waals surface area contributed by atoms with Gasteiger partial charge < -0.3 is 11.1 Å². The Morgan fingerprint density at radius 2 is 2.06 bits per heavy atom. The van der Waals surface area contributed by atoms with Crippen molar-refractivity contribution in [3.63, 3.8) is 0 Å². The van der Waals surface area contributed by atoms with Crippen molar-refractivity contribution in [1.82, 2.24) is 15.5 Å². The Labute approximate surface area is 113 Å². The van der Waals surface area contributed by atoms with Crippen molar-refractivity contribution in [1.29, 1.82) is 0 Å². The molecule has 0 aliphatic carbocycles. The minimum Gasteiger partial charge on any atom is -0.363 e. The van der Waals surface area contributed by atoms with Gasteiger partial charge in [-0.25, -0.2) is 4.79 Å². The number of nitrogens with one attached hydrogen (secondary N) is 2. The first-order chi connectivity index (χ1) is 8.43. The van der Waals surface area contributed by atoms with E-state index in [1.54, 1.807) is 7.05 Å². The summed E-state index contributed by atoms with van der Waals surface area (Å²) >= 11 is 2.62. The Morgan fingerprint density at radius 3 is 2.50 bits per heavy atom. The Kier molecular flexibility index (Phi) is 5.35. The van der Waals surface area contributed by atoms with E-state index in [2.05, 4.69) is 20.8 Å². The molecule has 3 amide bonds. The molecular weight excluding hydrogens is 274 g/mol. The van der Waals surface area contributed by atoms with Gasteiger partial charge in [-0.3, -0.25) is 10.1 Å². The maximum absolute atomic E-state index is 11.8.